The van der Waals surface area contributed by atoms with Crippen molar-refractivity contribution in [1.82, 2.24) is 4.98 Å². The highest BCUT2D eigenvalue weighted by molar-refractivity contribution is 5.82. The molecule has 0 radical (unpaired) electrons. The van der Waals surface area contributed by atoms with E-state index in [2.05, 4.69) is 73.3 Å². The molecule has 0 aliphatic carbocycles. The molecule has 0 aliphatic heterocycles. The minimum absolute atomic E-state index is 0.631. The van der Waals surface area contributed by atoms with Crippen LogP contribution < -0.4 is 0 Å². The minimum Gasteiger partial charge on any atom is -0.248 e. The molecule has 3 rings (SSSR count). The molecular formula is C25H26FN. The first-order valence-electron chi connectivity index (χ1n) is 9.57. The summed E-state index contributed by atoms with van der Waals surface area (Å²) in [5.74, 6) is 0. The molecule has 1 atom stereocenters. The van der Waals surface area contributed by atoms with Crippen LogP contribution in [-0.4, -0.2) is 11.2 Å². The van der Waals surface area contributed by atoms with Gasteiger partial charge in [0.15, 0.2) is 0 Å². The Morgan fingerprint density at radius 1 is 1.07 bits per heavy atom. The summed E-state index contributed by atoms with van der Waals surface area (Å²) in [5, 5.41) is 1.15. The SMILES string of the molecule is C=CCc1ccc2nc(-c3ccc(/C=C/CCCC(C)F)cc3)ccc2c1. The van der Waals surface area contributed by atoms with Crippen LogP contribution >= 0.6 is 0 Å². The molecule has 1 aromatic heterocycles. The van der Waals surface area contributed by atoms with Gasteiger partial charge in [0.2, 0.25) is 0 Å². The molecular weight excluding hydrogens is 333 g/mol. The average Bonchev–Trinajstić information content (AvgIpc) is 2.68. The second-order valence-electron chi connectivity index (χ2n) is 6.95. The Morgan fingerprint density at radius 3 is 2.63 bits per heavy atom. The van der Waals surface area contributed by atoms with Crippen molar-refractivity contribution in [2.24, 2.45) is 0 Å². The Kier molecular flexibility index (Phi) is 6.54. The van der Waals surface area contributed by atoms with Gasteiger partial charge in [0.1, 0.15) is 0 Å². The van der Waals surface area contributed by atoms with Crippen molar-refractivity contribution in [2.75, 3.05) is 0 Å². The smallest absolute Gasteiger partial charge is 0.0973 e. The first-order chi connectivity index (χ1) is 13.2. The maximum absolute atomic E-state index is 12.8. The second kappa shape index (κ2) is 9.27. The number of hydrogen-bond acceptors (Lipinski definition) is 1. The fourth-order valence-corrected chi connectivity index (χ4v) is 3.13. The molecule has 2 heteroatoms. The van der Waals surface area contributed by atoms with Crippen LogP contribution in [0.2, 0.25) is 0 Å². The summed E-state index contributed by atoms with van der Waals surface area (Å²) in [4.78, 5) is 4.80. The zero-order valence-corrected chi connectivity index (χ0v) is 15.9. The molecule has 0 fully saturated rings. The molecule has 3 aromatic rings. The number of unbranched alkanes of at least 4 members (excludes halogenated alkanes) is 1. The van der Waals surface area contributed by atoms with Gasteiger partial charge >= 0.3 is 0 Å². The third-order valence-corrected chi connectivity index (χ3v) is 4.62. The molecule has 27 heavy (non-hydrogen) atoms. The van der Waals surface area contributed by atoms with Crippen molar-refractivity contribution in [3.05, 3.63) is 84.5 Å². The number of halogens is 1. The summed E-state index contributed by atoms with van der Waals surface area (Å²) in [6.45, 7) is 5.41. The van der Waals surface area contributed by atoms with Gasteiger partial charge in [0.25, 0.3) is 0 Å². The Labute approximate surface area is 161 Å². The number of aromatic nitrogens is 1. The number of fused-ring (bicyclic) bond motifs is 1. The summed E-state index contributed by atoms with van der Waals surface area (Å²) >= 11 is 0. The second-order valence-corrected chi connectivity index (χ2v) is 6.95. The zero-order chi connectivity index (χ0) is 19.1. The van der Waals surface area contributed by atoms with Crippen LogP contribution in [-0.2, 0) is 6.42 Å². The van der Waals surface area contributed by atoms with Crippen LogP contribution in [0.4, 0.5) is 4.39 Å². The first-order valence-corrected chi connectivity index (χ1v) is 9.57. The number of rotatable bonds is 8. The first kappa shape index (κ1) is 19.0. The van der Waals surface area contributed by atoms with Crippen molar-refractivity contribution in [1.29, 1.82) is 0 Å². The highest BCUT2D eigenvalue weighted by Crippen LogP contribution is 2.23. The molecule has 0 amide bonds. The van der Waals surface area contributed by atoms with E-state index in [9.17, 15) is 4.39 Å². The van der Waals surface area contributed by atoms with E-state index in [0.717, 1.165) is 47.0 Å². The third-order valence-electron chi connectivity index (χ3n) is 4.62. The molecule has 0 saturated carbocycles. The molecule has 0 N–H and O–H groups in total. The minimum atomic E-state index is -0.708. The van der Waals surface area contributed by atoms with Crippen LogP contribution in [0.25, 0.3) is 28.2 Å². The molecule has 0 spiro atoms. The monoisotopic (exact) mass is 359 g/mol. The molecule has 0 saturated heterocycles. The van der Waals surface area contributed by atoms with Gasteiger partial charge in [-0.05, 0) is 61.9 Å². The van der Waals surface area contributed by atoms with E-state index >= 15 is 0 Å². The average molecular weight is 359 g/mol. The zero-order valence-electron chi connectivity index (χ0n) is 15.9. The lowest BCUT2D eigenvalue weighted by Gasteiger charge is -2.05. The lowest BCUT2D eigenvalue weighted by Crippen LogP contribution is -1.90. The number of alkyl halides is 1. The fraction of sp³-hybridized carbons (Fsp3) is 0.240. The van der Waals surface area contributed by atoms with Crippen LogP contribution in [0.15, 0.2) is 73.3 Å². The van der Waals surface area contributed by atoms with Gasteiger partial charge in [-0.25, -0.2) is 9.37 Å². The van der Waals surface area contributed by atoms with E-state index in [-0.39, 0.29) is 0 Å². The van der Waals surface area contributed by atoms with E-state index in [1.165, 1.54) is 5.56 Å². The maximum Gasteiger partial charge on any atom is 0.0973 e. The van der Waals surface area contributed by atoms with Crippen molar-refractivity contribution in [3.8, 4) is 11.3 Å². The number of allylic oxidation sites excluding steroid dienone is 2. The predicted octanol–water partition coefficient (Wildman–Crippen LogP) is 7.17. The van der Waals surface area contributed by atoms with E-state index in [1.54, 1.807) is 6.92 Å². The topological polar surface area (TPSA) is 12.9 Å². The summed E-state index contributed by atoms with van der Waals surface area (Å²) < 4.78 is 12.8. The molecule has 2 aromatic carbocycles. The summed E-state index contributed by atoms with van der Waals surface area (Å²) in [6, 6.07) is 19.0. The van der Waals surface area contributed by atoms with Crippen molar-refractivity contribution in [2.45, 2.75) is 38.8 Å². The Balaban J connectivity index is 1.70. The Morgan fingerprint density at radius 2 is 1.89 bits per heavy atom. The molecule has 1 unspecified atom stereocenters. The largest absolute Gasteiger partial charge is 0.248 e. The standard InChI is InChI=1S/C25H26FN/c1-3-7-21-12-16-25-23(18-21)15-17-24(27-25)22-13-10-20(11-14-22)9-6-4-5-8-19(2)26/h3,6,9-19H,1,4-5,7-8H2,2H3/b9-6+. The van der Waals surface area contributed by atoms with Gasteiger partial charge < -0.3 is 0 Å². The van der Waals surface area contributed by atoms with E-state index < -0.39 is 6.17 Å². The van der Waals surface area contributed by atoms with Crippen LogP contribution in [0.3, 0.4) is 0 Å². The van der Waals surface area contributed by atoms with Gasteiger partial charge in [-0.1, -0.05) is 54.6 Å². The maximum atomic E-state index is 12.8. The van der Waals surface area contributed by atoms with Crippen LogP contribution in [0.1, 0.15) is 37.3 Å². The predicted molar refractivity (Wildman–Crippen MR) is 115 cm³/mol. The molecule has 138 valence electrons. The lowest BCUT2D eigenvalue weighted by atomic mass is 10.0. The van der Waals surface area contributed by atoms with Crippen molar-refractivity contribution in [3.63, 3.8) is 0 Å². The number of nitrogens with zero attached hydrogens (tertiary/aromatic N) is 1. The fourth-order valence-electron chi connectivity index (χ4n) is 3.13. The number of benzene rings is 2. The lowest BCUT2D eigenvalue weighted by molar-refractivity contribution is 0.335. The number of hydrogen-bond donors (Lipinski definition) is 0. The van der Waals surface area contributed by atoms with E-state index in [1.807, 2.05) is 6.08 Å². The highest BCUT2D eigenvalue weighted by atomic mass is 19.1. The Hall–Kier alpha value is -2.74. The molecule has 0 bridgehead atoms. The highest BCUT2D eigenvalue weighted by Gasteiger charge is 2.03. The van der Waals surface area contributed by atoms with Gasteiger partial charge in [0, 0.05) is 10.9 Å². The van der Waals surface area contributed by atoms with Crippen molar-refractivity contribution >= 4 is 17.0 Å². The molecule has 0 aliphatic rings. The van der Waals surface area contributed by atoms with Crippen LogP contribution in [0.5, 0.6) is 0 Å². The summed E-state index contributed by atoms with van der Waals surface area (Å²) in [5.41, 5.74) is 5.50. The van der Waals surface area contributed by atoms with Gasteiger partial charge in [-0.3, -0.25) is 0 Å². The molecule has 1 heterocycles. The third kappa shape index (κ3) is 5.37. The van der Waals surface area contributed by atoms with Gasteiger partial charge in [0.05, 0.1) is 17.4 Å². The van der Waals surface area contributed by atoms with Gasteiger partial charge in [-0.15, -0.1) is 6.58 Å². The van der Waals surface area contributed by atoms with Crippen molar-refractivity contribution < 1.29 is 4.39 Å². The number of pyridine rings is 1. The van der Waals surface area contributed by atoms with E-state index in [0.29, 0.717) is 6.42 Å². The van der Waals surface area contributed by atoms with Crippen LogP contribution in [0, 0.1) is 0 Å². The van der Waals surface area contributed by atoms with E-state index in [4.69, 9.17) is 4.98 Å². The normalized spacial score (nSPS) is 12.5. The van der Waals surface area contributed by atoms with Gasteiger partial charge in [-0.2, -0.15) is 0 Å². The summed E-state index contributed by atoms with van der Waals surface area (Å²) in [7, 11) is 0. The summed E-state index contributed by atoms with van der Waals surface area (Å²) in [6.07, 6.45) is 8.73. The quantitative estimate of drug-likeness (QED) is 0.307. The molecule has 1 nitrogen and oxygen atoms in total. The Bertz CT molecular complexity index is 923.